The van der Waals surface area contributed by atoms with Gasteiger partial charge >= 0.3 is 0 Å². The predicted molar refractivity (Wildman–Crippen MR) is 122 cm³/mol. The van der Waals surface area contributed by atoms with E-state index in [1.54, 1.807) is 17.9 Å². The number of likely N-dealkylation sites (N-methyl/N-ethyl adjacent to an activating group) is 1. The Kier molecular flexibility index (Phi) is 11.3. The van der Waals surface area contributed by atoms with Gasteiger partial charge in [0.05, 0.1) is 6.20 Å². The van der Waals surface area contributed by atoms with Crippen molar-refractivity contribution >= 4 is 30.7 Å². The number of amides is 1. The predicted octanol–water partition coefficient (Wildman–Crippen LogP) is 3.22. The molecule has 1 fully saturated rings. The van der Waals surface area contributed by atoms with Gasteiger partial charge < -0.3 is 10.6 Å². The number of nitrogens with one attached hydrogen (secondary N) is 2. The molecule has 1 aromatic carbocycles. The molecule has 1 aliphatic rings. The summed E-state index contributed by atoms with van der Waals surface area (Å²) in [6.45, 7) is 3.85. The Morgan fingerprint density at radius 1 is 1.10 bits per heavy atom. The molecule has 2 aromatic rings. The average Bonchev–Trinajstić information content (AvgIpc) is 2.93. The zero-order valence-corrected chi connectivity index (χ0v) is 18.9. The lowest BCUT2D eigenvalue weighted by molar-refractivity contribution is -0.123. The van der Waals surface area contributed by atoms with Crippen molar-refractivity contribution in [3.05, 3.63) is 53.3 Å². The number of rotatable bonds is 7. The van der Waals surface area contributed by atoms with E-state index < -0.39 is 6.04 Å². The standard InChI is InChI=1S/C21H31N5O.2ClH/c1-22-20(19-14-24-25(2)15-19)21(27)23-13-17-9-5-6-10-18(17)16-26-11-7-3-4-8-12-26;;/h5-6,9-10,14-15,20,22H,3-4,7-8,11-13,16H2,1-2H3,(H,23,27);2*1H. The number of hydrogen-bond donors (Lipinski definition) is 2. The molecule has 1 saturated heterocycles. The van der Waals surface area contributed by atoms with Gasteiger partial charge in [-0.2, -0.15) is 5.10 Å². The molecule has 1 atom stereocenters. The van der Waals surface area contributed by atoms with Gasteiger partial charge in [-0.05, 0) is 44.1 Å². The Balaban J connectivity index is 0.00000210. The van der Waals surface area contributed by atoms with Gasteiger partial charge in [0.2, 0.25) is 5.91 Å². The second kappa shape index (κ2) is 12.9. The van der Waals surface area contributed by atoms with Gasteiger partial charge in [-0.3, -0.25) is 14.4 Å². The number of carbonyl (C=O) groups is 1. The highest BCUT2D eigenvalue weighted by atomic mass is 35.5. The fourth-order valence-electron chi connectivity index (χ4n) is 3.74. The summed E-state index contributed by atoms with van der Waals surface area (Å²) in [6, 6.07) is 8.04. The maximum Gasteiger partial charge on any atom is 0.242 e. The minimum atomic E-state index is -0.392. The molecule has 1 aliphatic heterocycles. The summed E-state index contributed by atoms with van der Waals surface area (Å²) in [6.07, 6.45) is 8.85. The van der Waals surface area contributed by atoms with Gasteiger partial charge in [-0.15, -0.1) is 24.8 Å². The summed E-state index contributed by atoms with van der Waals surface area (Å²) in [4.78, 5) is 15.2. The quantitative estimate of drug-likeness (QED) is 0.692. The first-order chi connectivity index (χ1) is 13.2. The van der Waals surface area contributed by atoms with Crippen LogP contribution in [0.3, 0.4) is 0 Å². The molecule has 0 spiro atoms. The normalized spacial score (nSPS) is 15.5. The van der Waals surface area contributed by atoms with E-state index in [9.17, 15) is 4.79 Å². The molecule has 0 saturated carbocycles. The summed E-state index contributed by atoms with van der Waals surface area (Å²) < 4.78 is 1.71. The number of aryl methyl sites for hydroxylation is 1. The number of likely N-dealkylation sites (tertiary alicyclic amines) is 1. The molecule has 8 heteroatoms. The first-order valence-electron chi connectivity index (χ1n) is 9.90. The van der Waals surface area contributed by atoms with Crippen molar-refractivity contribution in [3.63, 3.8) is 0 Å². The van der Waals surface area contributed by atoms with Gasteiger partial charge in [0.25, 0.3) is 0 Å². The fraction of sp³-hybridized carbons (Fsp3) is 0.524. The molecule has 2 N–H and O–H groups in total. The minimum Gasteiger partial charge on any atom is -0.350 e. The molecular formula is C21H33Cl2N5O. The first-order valence-corrected chi connectivity index (χ1v) is 9.90. The van der Waals surface area contributed by atoms with E-state index in [4.69, 9.17) is 0 Å². The summed E-state index contributed by atoms with van der Waals surface area (Å²) in [5.41, 5.74) is 3.37. The molecule has 0 radical (unpaired) electrons. The van der Waals surface area contributed by atoms with Gasteiger partial charge in [-0.25, -0.2) is 0 Å². The van der Waals surface area contributed by atoms with Crippen molar-refractivity contribution in [2.24, 2.45) is 7.05 Å². The zero-order valence-electron chi connectivity index (χ0n) is 17.3. The highest BCUT2D eigenvalue weighted by Gasteiger charge is 2.20. The van der Waals surface area contributed by atoms with Crippen LogP contribution < -0.4 is 10.6 Å². The monoisotopic (exact) mass is 441 g/mol. The van der Waals surface area contributed by atoms with Crippen molar-refractivity contribution in [2.45, 2.75) is 44.8 Å². The van der Waals surface area contributed by atoms with Crippen molar-refractivity contribution in [1.82, 2.24) is 25.3 Å². The van der Waals surface area contributed by atoms with Crippen LogP contribution in [0.5, 0.6) is 0 Å². The number of halogens is 2. The van der Waals surface area contributed by atoms with Crippen LogP contribution in [-0.4, -0.2) is 40.7 Å². The SMILES string of the molecule is CNC(C(=O)NCc1ccccc1CN1CCCCCC1)c1cnn(C)c1.Cl.Cl. The highest BCUT2D eigenvalue weighted by molar-refractivity contribution is 5.85. The maximum absolute atomic E-state index is 12.7. The van der Waals surface area contributed by atoms with Crippen LogP contribution >= 0.6 is 24.8 Å². The maximum atomic E-state index is 12.7. The molecule has 2 heterocycles. The Morgan fingerprint density at radius 3 is 2.34 bits per heavy atom. The van der Waals surface area contributed by atoms with E-state index in [1.165, 1.54) is 49.9 Å². The van der Waals surface area contributed by atoms with Crippen LogP contribution in [0, 0.1) is 0 Å². The van der Waals surface area contributed by atoms with Crippen LogP contribution in [0.4, 0.5) is 0 Å². The number of carbonyl (C=O) groups excluding carboxylic acids is 1. The van der Waals surface area contributed by atoms with Crippen LogP contribution in [0.1, 0.15) is 48.4 Å². The van der Waals surface area contributed by atoms with Gasteiger partial charge in [0.15, 0.2) is 0 Å². The van der Waals surface area contributed by atoms with Crippen molar-refractivity contribution in [3.8, 4) is 0 Å². The van der Waals surface area contributed by atoms with E-state index >= 15 is 0 Å². The van der Waals surface area contributed by atoms with Crippen molar-refractivity contribution in [1.29, 1.82) is 0 Å². The van der Waals surface area contributed by atoms with Crippen LogP contribution in [0.25, 0.3) is 0 Å². The molecule has 1 aromatic heterocycles. The third kappa shape index (κ3) is 7.30. The largest absolute Gasteiger partial charge is 0.350 e. The van der Waals surface area contributed by atoms with Crippen molar-refractivity contribution in [2.75, 3.05) is 20.1 Å². The molecule has 0 aliphatic carbocycles. The molecule has 162 valence electrons. The van der Waals surface area contributed by atoms with Gasteiger partial charge in [0.1, 0.15) is 6.04 Å². The summed E-state index contributed by atoms with van der Waals surface area (Å²) in [7, 11) is 3.65. The number of hydrogen-bond acceptors (Lipinski definition) is 4. The van der Waals surface area contributed by atoms with Crippen molar-refractivity contribution < 1.29 is 4.79 Å². The summed E-state index contributed by atoms with van der Waals surface area (Å²) in [5.74, 6) is -0.0323. The van der Waals surface area contributed by atoms with Gasteiger partial charge in [-0.1, -0.05) is 37.1 Å². The number of aromatic nitrogens is 2. The second-order valence-corrected chi connectivity index (χ2v) is 7.35. The average molecular weight is 442 g/mol. The molecule has 1 amide bonds. The van der Waals surface area contributed by atoms with E-state index in [0.717, 1.165) is 12.1 Å². The lowest BCUT2D eigenvalue weighted by Gasteiger charge is -2.22. The molecule has 0 bridgehead atoms. The van der Waals surface area contributed by atoms with Gasteiger partial charge in [0, 0.05) is 31.9 Å². The van der Waals surface area contributed by atoms with E-state index in [2.05, 4.69) is 38.8 Å². The molecule has 3 rings (SSSR count). The topological polar surface area (TPSA) is 62.2 Å². The number of nitrogens with zero attached hydrogens (tertiary/aromatic N) is 3. The third-order valence-corrected chi connectivity index (χ3v) is 5.27. The van der Waals surface area contributed by atoms with Crippen LogP contribution in [0.15, 0.2) is 36.7 Å². The summed E-state index contributed by atoms with van der Waals surface area (Å²) >= 11 is 0. The lowest BCUT2D eigenvalue weighted by Crippen LogP contribution is -2.35. The molecule has 29 heavy (non-hydrogen) atoms. The van der Waals surface area contributed by atoms with Crippen LogP contribution in [0.2, 0.25) is 0 Å². The van der Waals surface area contributed by atoms with E-state index in [1.807, 2.05) is 19.3 Å². The Morgan fingerprint density at radius 2 is 1.76 bits per heavy atom. The Hall–Kier alpha value is -1.60. The molecule has 1 unspecified atom stereocenters. The first kappa shape index (κ1) is 25.4. The fourth-order valence-corrected chi connectivity index (χ4v) is 3.74. The zero-order chi connectivity index (χ0) is 19.1. The number of benzene rings is 1. The Bertz CT molecular complexity index is 744. The molecular weight excluding hydrogens is 409 g/mol. The third-order valence-electron chi connectivity index (χ3n) is 5.27. The highest BCUT2D eigenvalue weighted by Crippen LogP contribution is 2.17. The minimum absolute atomic E-state index is 0. The van der Waals surface area contributed by atoms with E-state index in [-0.39, 0.29) is 30.7 Å². The lowest BCUT2D eigenvalue weighted by atomic mass is 10.1. The second-order valence-electron chi connectivity index (χ2n) is 7.35. The van der Waals surface area contributed by atoms with Crippen LogP contribution in [-0.2, 0) is 24.9 Å². The summed E-state index contributed by atoms with van der Waals surface area (Å²) in [5, 5.41) is 10.3. The van der Waals surface area contributed by atoms with E-state index in [0.29, 0.717) is 6.54 Å². The molecule has 6 nitrogen and oxygen atoms in total. The smallest absolute Gasteiger partial charge is 0.242 e. The Labute approximate surface area is 186 Å².